The lowest BCUT2D eigenvalue weighted by molar-refractivity contribution is -0.378. The minimum atomic E-state index is -1.80. The molecule has 19 nitrogen and oxygen atoms in total. The molecule has 0 amide bonds. The van der Waals surface area contributed by atoms with Crippen LogP contribution in [0.5, 0.6) is 0 Å². The lowest BCUT2D eigenvalue weighted by Crippen LogP contribution is -2.68. The Bertz CT molecular complexity index is 1710. The SMILES string of the molecule is CC(C)(O)/C=C/C[C@](C)(O[C@H]1O[C@@H](CO)[C@H](O)[C@@H](O)[C@@H]1O)[C@@H]1CC[C@]2(C)[C@@H]1[C@H](O)C[C@@H]1[C@]3(C)CC[C@H](O[C@@H]4O[C@H](CO)[C@@H](O)[C@H](O)[C@@H]4O[C@@H]4O[C@H](CO)[C@@H](O)[C@@H](O)[C@@H]4O)C(C)(C)[C@@H]3CC[C@@]12C. The molecule has 67 heavy (non-hydrogen) atoms. The van der Waals surface area contributed by atoms with Crippen LogP contribution in [0.15, 0.2) is 12.2 Å². The van der Waals surface area contributed by atoms with Crippen LogP contribution in [-0.4, -0.2) is 202 Å². The van der Waals surface area contributed by atoms with Crippen molar-refractivity contribution in [2.75, 3.05) is 19.8 Å². The fraction of sp³-hybridized carbons (Fsp3) is 0.958. The highest BCUT2D eigenvalue weighted by atomic mass is 16.8. The summed E-state index contributed by atoms with van der Waals surface area (Å²) in [6.45, 7) is 14.5. The second-order valence-corrected chi connectivity index (χ2v) is 23.3. The summed E-state index contributed by atoms with van der Waals surface area (Å²) in [5.74, 6) is -0.422. The average molecular weight is 963 g/mol. The highest BCUT2D eigenvalue weighted by molar-refractivity contribution is 5.21. The molecule has 3 saturated heterocycles. The van der Waals surface area contributed by atoms with Crippen molar-refractivity contribution in [1.82, 2.24) is 0 Å². The summed E-state index contributed by atoms with van der Waals surface area (Å²) < 4.78 is 37.1. The third-order valence-electron chi connectivity index (χ3n) is 18.7. The Labute approximate surface area is 393 Å². The third kappa shape index (κ3) is 9.24. The number of hydrogen-bond acceptors (Lipinski definition) is 19. The number of aliphatic hydroxyl groups is 13. The Balaban J connectivity index is 1.14. The van der Waals surface area contributed by atoms with E-state index in [1.807, 2.05) is 13.0 Å². The van der Waals surface area contributed by atoms with Crippen LogP contribution in [0.3, 0.4) is 0 Å². The molecule has 4 aliphatic carbocycles. The van der Waals surface area contributed by atoms with Gasteiger partial charge in [-0.2, -0.15) is 0 Å². The van der Waals surface area contributed by atoms with E-state index in [-0.39, 0.29) is 40.9 Å². The molecule has 0 aromatic carbocycles. The van der Waals surface area contributed by atoms with E-state index >= 15 is 0 Å². The summed E-state index contributed by atoms with van der Waals surface area (Å²) >= 11 is 0. The van der Waals surface area contributed by atoms with Crippen molar-refractivity contribution in [1.29, 1.82) is 0 Å². The zero-order chi connectivity index (χ0) is 49.6. The zero-order valence-corrected chi connectivity index (χ0v) is 40.3. The van der Waals surface area contributed by atoms with Gasteiger partial charge in [0.15, 0.2) is 18.9 Å². The first-order chi connectivity index (χ1) is 31.1. The van der Waals surface area contributed by atoms with Gasteiger partial charge in [-0.1, -0.05) is 46.8 Å². The Hall–Kier alpha value is -1.02. The van der Waals surface area contributed by atoms with E-state index in [0.29, 0.717) is 25.7 Å². The lowest BCUT2D eigenvalue weighted by atomic mass is 9.35. The molecule has 0 aromatic heterocycles. The second-order valence-electron chi connectivity index (χ2n) is 23.3. The Morgan fingerprint density at radius 2 is 1.10 bits per heavy atom. The molecule has 0 unspecified atom stereocenters. The second kappa shape index (κ2) is 19.4. The maximum absolute atomic E-state index is 12.7. The normalized spacial score (nSPS) is 52.3. The van der Waals surface area contributed by atoms with E-state index in [0.717, 1.165) is 19.3 Å². The van der Waals surface area contributed by atoms with Crippen LogP contribution < -0.4 is 0 Å². The van der Waals surface area contributed by atoms with E-state index in [4.69, 9.17) is 28.4 Å². The average Bonchev–Trinajstić information content (AvgIpc) is 3.65. The van der Waals surface area contributed by atoms with Gasteiger partial charge >= 0.3 is 0 Å². The molecule has 0 radical (unpaired) electrons. The van der Waals surface area contributed by atoms with Crippen LogP contribution in [0.25, 0.3) is 0 Å². The minimum absolute atomic E-state index is 0.0608. The number of aliphatic hydroxyl groups excluding tert-OH is 12. The van der Waals surface area contributed by atoms with E-state index < -0.39 is 146 Å². The molecule has 3 heterocycles. The molecular formula is C48H82O19. The smallest absolute Gasteiger partial charge is 0.187 e. The van der Waals surface area contributed by atoms with Crippen molar-refractivity contribution < 1.29 is 94.8 Å². The minimum Gasteiger partial charge on any atom is -0.394 e. The first-order valence-electron chi connectivity index (χ1n) is 24.4. The van der Waals surface area contributed by atoms with E-state index in [1.165, 1.54) is 0 Å². The Kier molecular flexibility index (Phi) is 15.6. The molecule has 0 aromatic rings. The van der Waals surface area contributed by atoms with Crippen LogP contribution in [0.4, 0.5) is 0 Å². The van der Waals surface area contributed by atoms with Crippen LogP contribution in [0, 0.1) is 45.3 Å². The number of rotatable bonds is 13. The van der Waals surface area contributed by atoms with E-state index in [2.05, 4.69) is 34.6 Å². The Morgan fingerprint density at radius 1 is 0.582 bits per heavy atom. The molecule has 3 aliphatic heterocycles. The van der Waals surface area contributed by atoms with E-state index in [9.17, 15) is 66.4 Å². The summed E-state index contributed by atoms with van der Waals surface area (Å²) in [7, 11) is 0. The summed E-state index contributed by atoms with van der Waals surface area (Å²) in [4.78, 5) is 0. The summed E-state index contributed by atoms with van der Waals surface area (Å²) in [5.41, 5.74) is -3.75. The van der Waals surface area contributed by atoms with E-state index in [1.54, 1.807) is 19.9 Å². The molecule has 25 atom stereocenters. The van der Waals surface area contributed by atoms with Crippen molar-refractivity contribution in [2.45, 2.75) is 222 Å². The van der Waals surface area contributed by atoms with Crippen LogP contribution in [-0.2, 0) is 28.4 Å². The first-order valence-corrected chi connectivity index (χ1v) is 24.4. The molecule has 7 rings (SSSR count). The van der Waals surface area contributed by atoms with Gasteiger partial charge < -0.3 is 94.8 Å². The van der Waals surface area contributed by atoms with Crippen molar-refractivity contribution >= 4 is 0 Å². The van der Waals surface area contributed by atoms with Gasteiger partial charge in [-0.25, -0.2) is 0 Å². The molecule has 388 valence electrons. The zero-order valence-electron chi connectivity index (χ0n) is 40.3. The third-order valence-corrected chi connectivity index (χ3v) is 18.7. The fourth-order valence-corrected chi connectivity index (χ4v) is 14.8. The molecule has 13 N–H and O–H groups in total. The van der Waals surface area contributed by atoms with Gasteiger partial charge in [-0.05, 0) is 117 Å². The summed E-state index contributed by atoms with van der Waals surface area (Å²) in [6, 6.07) is 0. The maximum atomic E-state index is 12.7. The fourth-order valence-electron chi connectivity index (χ4n) is 14.8. The quantitative estimate of drug-likeness (QED) is 0.0773. The Morgan fingerprint density at radius 3 is 1.67 bits per heavy atom. The van der Waals surface area contributed by atoms with Gasteiger partial charge in [0.2, 0.25) is 0 Å². The maximum Gasteiger partial charge on any atom is 0.187 e. The topological polar surface area (TPSA) is 318 Å². The molecule has 0 bridgehead atoms. The highest BCUT2D eigenvalue weighted by Gasteiger charge is 2.72. The molecular weight excluding hydrogens is 881 g/mol. The number of hydrogen-bond donors (Lipinski definition) is 13. The van der Waals surface area contributed by atoms with Crippen molar-refractivity contribution in [3.05, 3.63) is 12.2 Å². The number of ether oxygens (including phenoxy) is 6. The molecule has 4 saturated carbocycles. The summed E-state index contributed by atoms with van der Waals surface area (Å²) in [5, 5.41) is 139. The van der Waals surface area contributed by atoms with Gasteiger partial charge in [0.25, 0.3) is 0 Å². The highest BCUT2D eigenvalue weighted by Crippen LogP contribution is 2.76. The van der Waals surface area contributed by atoms with Gasteiger partial charge in [0.05, 0.1) is 43.2 Å². The molecule has 0 spiro atoms. The monoisotopic (exact) mass is 963 g/mol. The lowest BCUT2D eigenvalue weighted by Gasteiger charge is -2.71. The van der Waals surface area contributed by atoms with Crippen molar-refractivity contribution in [3.63, 3.8) is 0 Å². The summed E-state index contributed by atoms with van der Waals surface area (Å²) in [6.07, 6.45) is -15.8. The van der Waals surface area contributed by atoms with Crippen molar-refractivity contribution in [3.8, 4) is 0 Å². The van der Waals surface area contributed by atoms with Crippen molar-refractivity contribution in [2.24, 2.45) is 45.3 Å². The van der Waals surface area contributed by atoms with Gasteiger partial charge in [-0.3, -0.25) is 0 Å². The molecule has 19 heteroatoms. The predicted molar refractivity (Wildman–Crippen MR) is 235 cm³/mol. The van der Waals surface area contributed by atoms with Crippen LogP contribution in [0.1, 0.15) is 107 Å². The van der Waals surface area contributed by atoms with Crippen LogP contribution >= 0.6 is 0 Å². The van der Waals surface area contributed by atoms with Gasteiger partial charge in [0, 0.05) is 0 Å². The molecule has 7 aliphatic rings. The number of fused-ring (bicyclic) bond motifs is 5. The van der Waals surface area contributed by atoms with Crippen LogP contribution in [0.2, 0.25) is 0 Å². The largest absolute Gasteiger partial charge is 0.394 e. The van der Waals surface area contributed by atoms with Gasteiger partial charge in [-0.15, -0.1) is 0 Å². The first kappa shape index (κ1) is 53.8. The molecule has 7 fully saturated rings. The standard InChI is InChI=1S/C48H82O19/c1-43(2,61)13-9-14-48(8,67-41-38(60)35(57)32(54)25(20-50)63-41)22-10-16-47(7)30(22)23(52)18-28-45(5)15-12-29(44(3,4)27(45)11-17-46(28,47)6)65-42-39(36(58)33(55)26(21-51)64-42)66-40-37(59)34(56)31(53)24(19-49)62-40/h9,13,22-42,49-61H,10-12,14-21H2,1-8H3/b13-9+/t22-,23-,24-,25+,26-,27+,28-,29+,30+,31-,32+,33-,34-,35-,36+,37+,38+,39+,40+,41-,42+,45-,46+,47-,48+/m1/s1. The predicted octanol–water partition coefficient (Wildman–Crippen LogP) is -1.06. The van der Waals surface area contributed by atoms with Gasteiger partial charge in [0.1, 0.15) is 73.2 Å².